The molecular formula is C86H112N16O18. The Hall–Kier alpha value is -12.8. The van der Waals surface area contributed by atoms with Crippen molar-refractivity contribution in [3.05, 3.63) is 167 Å². The van der Waals surface area contributed by atoms with Crippen LogP contribution in [0.2, 0.25) is 0 Å². The van der Waals surface area contributed by atoms with E-state index in [4.69, 9.17) is 5.73 Å². The van der Waals surface area contributed by atoms with Crippen molar-refractivity contribution in [2.24, 2.45) is 11.7 Å². The van der Waals surface area contributed by atoms with E-state index in [0.717, 1.165) is 19.6 Å². The fourth-order valence-corrected chi connectivity index (χ4v) is 14.5. The molecule has 5 aromatic carbocycles. The molecule has 2 saturated heterocycles. The normalized spacial score (nSPS) is 23.1. The molecule has 15 N–H and O–H groups in total. The standard InChI is InChI=1S/C86H112N16O18/c1-9-10-13-28-63-82(116)100(7)69(43-53-22-14-11-15-23-53)85(119)98(5)49-74(109)93-65(42-56-34-38-59(105)39-35-56)84(118)101(8)70(44-54-24-16-12-17-25-54)86(120)102-40-21-30-68(102)80(114)94-62(77(111)89-47-71(87)106)29-20-31-72(107)92-66(45-57-46-88-61-27-19-18-26-60(57)61)83(117)99(6)52(4)76(110)95-64(41-55-32-36-58(104)37-33-55)79(113)97-75(51(2)3)81(115)96-67(50-103)78(112)90-48-73(108)91-63/h11-12,14-19,22-27,32-39,46,51-52,62-70,75,88,103-105H,9-10,13,20-21,28-31,40-45,47-50H2,1-8H3,(H2,87,106)(H,89,111)(H,90,112)(H,91,108)(H,92,107)(H,93,109)(H,94,114)(H,95,110)(H,96,115)(H,97,113)/t52-,62-,63-,64-,65-,66+,67-,68-,69-,70-,75-/m0/s1. The number of hydrogen-bond acceptors (Lipinski definition) is 18. The highest BCUT2D eigenvalue weighted by Crippen LogP contribution is 2.26. The highest BCUT2D eigenvalue weighted by molar-refractivity contribution is 6.00. The number of carbonyl (C=O) groups is 15. The van der Waals surface area contributed by atoms with Crippen molar-refractivity contribution in [3.63, 3.8) is 0 Å². The molecule has 34 heteroatoms. The van der Waals surface area contributed by atoms with Gasteiger partial charge in [0.25, 0.3) is 0 Å². The number of aromatic nitrogens is 1. The van der Waals surface area contributed by atoms with E-state index >= 15 is 24.0 Å². The molecule has 644 valence electrons. The highest BCUT2D eigenvalue weighted by atomic mass is 16.3. The molecule has 15 amide bonds. The Labute approximate surface area is 696 Å². The van der Waals surface area contributed by atoms with Gasteiger partial charge in [0.1, 0.15) is 78.0 Å². The number of para-hydroxylation sites is 1. The van der Waals surface area contributed by atoms with Crippen molar-refractivity contribution in [2.45, 2.75) is 184 Å². The number of unbranched alkanes of at least 4 members (excludes halogenated alkanes) is 2. The Balaban J connectivity index is 1.15. The van der Waals surface area contributed by atoms with Crippen LogP contribution in [0.25, 0.3) is 10.9 Å². The molecule has 0 radical (unpaired) electrons. The Morgan fingerprint density at radius 1 is 0.517 bits per heavy atom. The average Bonchev–Trinajstić information content (AvgIpc) is 1.58. The molecule has 0 bridgehead atoms. The second kappa shape index (κ2) is 44.7. The van der Waals surface area contributed by atoms with Crippen LogP contribution in [-0.4, -0.2) is 261 Å². The van der Waals surface area contributed by atoms with E-state index < -0.39 is 187 Å². The van der Waals surface area contributed by atoms with Crippen LogP contribution >= 0.6 is 0 Å². The van der Waals surface area contributed by atoms with Gasteiger partial charge >= 0.3 is 0 Å². The van der Waals surface area contributed by atoms with Gasteiger partial charge in [0, 0.05) is 90.4 Å². The Bertz CT molecular complexity index is 4590. The molecule has 3 heterocycles. The third-order valence-corrected chi connectivity index (χ3v) is 21.6. The van der Waals surface area contributed by atoms with Crippen molar-refractivity contribution < 1.29 is 87.2 Å². The van der Waals surface area contributed by atoms with E-state index in [-0.39, 0.29) is 88.7 Å². The number of nitrogens with two attached hydrogens (primary N) is 1. The summed E-state index contributed by atoms with van der Waals surface area (Å²) in [5, 5.41) is 55.4. The van der Waals surface area contributed by atoms with Crippen LogP contribution in [0.3, 0.4) is 0 Å². The van der Waals surface area contributed by atoms with Crippen molar-refractivity contribution in [1.82, 2.24) is 77.3 Å². The number of amides is 15. The number of phenolic OH excluding ortho intramolecular Hbond substituents is 2. The lowest BCUT2D eigenvalue weighted by atomic mass is 10.00. The molecule has 120 heavy (non-hydrogen) atoms. The molecular weight excluding hydrogens is 1550 g/mol. The summed E-state index contributed by atoms with van der Waals surface area (Å²) in [6.45, 7) is 3.28. The van der Waals surface area contributed by atoms with Gasteiger partial charge in [0.2, 0.25) is 88.6 Å². The summed E-state index contributed by atoms with van der Waals surface area (Å²) in [5.41, 5.74) is 8.81. The largest absolute Gasteiger partial charge is 0.508 e. The van der Waals surface area contributed by atoms with Crippen LogP contribution in [0.5, 0.6) is 11.5 Å². The quantitative estimate of drug-likeness (QED) is 0.0493. The predicted molar refractivity (Wildman–Crippen MR) is 442 cm³/mol. The van der Waals surface area contributed by atoms with Crippen LogP contribution in [0, 0.1) is 5.92 Å². The first-order valence-electron chi connectivity index (χ1n) is 40.3. The van der Waals surface area contributed by atoms with E-state index in [9.17, 15) is 63.3 Å². The monoisotopic (exact) mass is 1660 g/mol. The fraction of sp³-hybridized carbons (Fsp3) is 0.453. The van der Waals surface area contributed by atoms with Gasteiger partial charge in [0.15, 0.2) is 0 Å². The van der Waals surface area contributed by atoms with Gasteiger partial charge in [0.05, 0.1) is 26.2 Å². The number of carbonyl (C=O) groups excluding carboxylic acids is 15. The smallest absolute Gasteiger partial charge is 0.246 e. The number of phenols is 2. The van der Waals surface area contributed by atoms with Crippen LogP contribution in [0.4, 0.5) is 0 Å². The summed E-state index contributed by atoms with van der Waals surface area (Å²) in [6, 6.07) is 20.2. The summed E-state index contributed by atoms with van der Waals surface area (Å²) >= 11 is 0. The van der Waals surface area contributed by atoms with Gasteiger partial charge in [-0.05, 0) is 103 Å². The average molecular weight is 1660 g/mol. The van der Waals surface area contributed by atoms with Gasteiger partial charge in [-0.25, -0.2) is 0 Å². The SMILES string of the molecule is CCCCC[C@@H]1NC(=O)CNC(=O)[C@H](CO)NC(=O)[C@H](C(C)C)NC(=O)[C@H](Cc2ccc(O)cc2)NC(=O)[C@H](C)N(C)C(=O)[C@@H](Cc2c[nH]c3ccccc23)NC(=O)CCC[C@@H](C(=O)NCC(N)=O)NC(=O)[C@@H]2CCCN2C(=O)[C@H](Cc2ccccc2)N(C)C(=O)[C@H](Cc2ccc(O)cc2)NC(=O)CN(C)C(=O)[C@H](Cc2ccccc2)N(C)C1=O. The zero-order valence-electron chi connectivity index (χ0n) is 68.9. The van der Waals surface area contributed by atoms with Gasteiger partial charge in [-0.1, -0.05) is 143 Å². The number of hydrogen-bond donors (Lipinski definition) is 14. The fourth-order valence-electron chi connectivity index (χ4n) is 14.5. The molecule has 11 atom stereocenters. The number of nitrogens with zero attached hydrogens (tertiary/aromatic N) is 5. The predicted octanol–water partition coefficient (Wildman–Crippen LogP) is 0.566. The molecule has 0 saturated carbocycles. The molecule has 1 aromatic heterocycles. The molecule has 0 unspecified atom stereocenters. The molecule has 2 aliphatic rings. The maximum absolute atomic E-state index is 15.5. The third kappa shape index (κ3) is 26.4. The van der Waals surface area contributed by atoms with Crippen molar-refractivity contribution in [3.8, 4) is 11.5 Å². The first-order chi connectivity index (χ1) is 57.2. The second-order valence-corrected chi connectivity index (χ2v) is 30.9. The Morgan fingerprint density at radius 2 is 1.05 bits per heavy atom. The van der Waals surface area contributed by atoms with Crippen LogP contribution in [-0.2, 0) is 104 Å². The third-order valence-electron chi connectivity index (χ3n) is 21.6. The molecule has 8 rings (SSSR count). The summed E-state index contributed by atoms with van der Waals surface area (Å²) in [7, 11) is 5.36. The Morgan fingerprint density at radius 3 is 1.64 bits per heavy atom. The van der Waals surface area contributed by atoms with Crippen LogP contribution < -0.4 is 53.6 Å². The number of H-pyrrole nitrogens is 1. The molecule has 0 aliphatic carbocycles. The van der Waals surface area contributed by atoms with E-state index in [1.807, 2.05) is 6.92 Å². The number of benzene rings is 5. The molecule has 6 aromatic rings. The minimum Gasteiger partial charge on any atom is -0.508 e. The number of aliphatic hydroxyl groups excluding tert-OH is 1. The van der Waals surface area contributed by atoms with Crippen molar-refractivity contribution in [2.75, 3.05) is 61.0 Å². The van der Waals surface area contributed by atoms with Gasteiger partial charge in [-0.2, -0.15) is 0 Å². The number of rotatable bonds is 19. The molecule has 0 spiro atoms. The maximum Gasteiger partial charge on any atom is 0.246 e. The summed E-state index contributed by atoms with van der Waals surface area (Å²) < 4.78 is 0. The van der Waals surface area contributed by atoms with Crippen molar-refractivity contribution >= 4 is 99.5 Å². The minimum absolute atomic E-state index is 0.000831. The number of aromatic hydroxyl groups is 2. The minimum atomic E-state index is -1.74. The maximum atomic E-state index is 15.5. The number of nitrogens with one attached hydrogen (secondary N) is 10. The molecule has 2 fully saturated rings. The van der Waals surface area contributed by atoms with Gasteiger partial charge in [-0.15, -0.1) is 0 Å². The van der Waals surface area contributed by atoms with Crippen LogP contribution in [0.15, 0.2) is 140 Å². The summed E-state index contributed by atoms with van der Waals surface area (Å²) in [5.74, 6) is -13.6. The summed E-state index contributed by atoms with van der Waals surface area (Å²) in [6.07, 6.45) is 2.18. The number of aromatic amines is 1. The zero-order valence-corrected chi connectivity index (χ0v) is 68.9. The van der Waals surface area contributed by atoms with Crippen molar-refractivity contribution in [1.29, 1.82) is 0 Å². The zero-order chi connectivity index (χ0) is 87.4. The lowest BCUT2D eigenvalue weighted by Crippen LogP contribution is -2.61. The second-order valence-electron chi connectivity index (χ2n) is 30.9. The summed E-state index contributed by atoms with van der Waals surface area (Å²) in [4.78, 5) is 227. The van der Waals surface area contributed by atoms with Gasteiger partial charge in [-0.3, -0.25) is 71.9 Å². The first-order valence-corrected chi connectivity index (χ1v) is 40.3. The lowest BCUT2D eigenvalue weighted by molar-refractivity contribution is -0.149. The topological polar surface area (TPSA) is 483 Å². The van der Waals surface area contributed by atoms with E-state index in [2.05, 4.69) is 52.8 Å². The van der Waals surface area contributed by atoms with E-state index in [1.54, 1.807) is 105 Å². The number of fused-ring (bicyclic) bond motifs is 2. The van der Waals surface area contributed by atoms with E-state index in [1.165, 1.54) is 88.5 Å². The van der Waals surface area contributed by atoms with E-state index in [0.29, 0.717) is 58.0 Å². The van der Waals surface area contributed by atoms with Gasteiger partial charge < -0.3 is 98.4 Å². The molecule has 2 aliphatic heterocycles. The number of aliphatic hydroxyl groups is 1. The molecule has 34 nitrogen and oxygen atoms in total. The number of primary amides is 1. The van der Waals surface area contributed by atoms with Crippen LogP contribution in [0.1, 0.15) is 113 Å². The highest BCUT2D eigenvalue weighted by Gasteiger charge is 2.44. The Kier molecular flexibility index (Phi) is 34.6. The lowest BCUT2D eigenvalue weighted by Gasteiger charge is -2.35. The first kappa shape index (κ1) is 92.8. The number of likely N-dealkylation sites (N-methyl/N-ethyl adjacent to an activating group) is 4.